The fourth-order valence-electron chi connectivity index (χ4n) is 1.34. The van der Waals surface area contributed by atoms with Gasteiger partial charge in [0.15, 0.2) is 9.84 Å². The van der Waals surface area contributed by atoms with Gasteiger partial charge in [-0.05, 0) is 34.1 Å². The highest BCUT2D eigenvalue weighted by atomic mass is 79.9. The van der Waals surface area contributed by atoms with E-state index >= 15 is 0 Å². The first-order valence-electron chi connectivity index (χ1n) is 4.43. The summed E-state index contributed by atoms with van der Waals surface area (Å²) in [5, 5.41) is 3.79. The first-order chi connectivity index (χ1) is 7.46. The van der Waals surface area contributed by atoms with Crippen LogP contribution in [0.1, 0.15) is 9.67 Å². The van der Waals surface area contributed by atoms with Gasteiger partial charge in [0.2, 0.25) is 0 Å². The number of halogens is 1. The minimum Gasteiger partial charge on any atom is -0.344 e. The molecule has 16 heavy (non-hydrogen) atoms. The normalized spacial score (nSPS) is 22.2. The van der Waals surface area contributed by atoms with Gasteiger partial charge in [-0.2, -0.15) is 0 Å². The van der Waals surface area contributed by atoms with Crippen LogP contribution in [0, 0.1) is 0 Å². The third-order valence-electron chi connectivity index (χ3n) is 2.04. The second-order valence-corrected chi connectivity index (χ2v) is 7.74. The molecule has 1 unspecified atom stereocenters. The maximum absolute atomic E-state index is 11.7. The number of sulfone groups is 1. The number of nitrogens with one attached hydrogen (secondary N) is 1. The Balaban J connectivity index is 2.02. The summed E-state index contributed by atoms with van der Waals surface area (Å²) in [5.74, 6) is -0.298. The Labute approximate surface area is 105 Å². The van der Waals surface area contributed by atoms with Gasteiger partial charge >= 0.3 is 0 Å². The van der Waals surface area contributed by atoms with Crippen LogP contribution in [0.3, 0.4) is 0 Å². The van der Waals surface area contributed by atoms with Gasteiger partial charge in [-0.1, -0.05) is 0 Å². The van der Waals surface area contributed by atoms with E-state index in [2.05, 4.69) is 21.2 Å². The lowest BCUT2D eigenvalue weighted by atomic mass is 10.3. The first kappa shape index (κ1) is 11.8. The average Bonchev–Trinajstić information content (AvgIpc) is 2.73. The summed E-state index contributed by atoms with van der Waals surface area (Å²) in [4.78, 5) is 12.2. The van der Waals surface area contributed by atoms with E-state index in [4.69, 9.17) is 0 Å². The molecule has 4 nitrogen and oxygen atoms in total. The molecule has 7 heteroatoms. The molecule has 0 aliphatic carbocycles. The van der Waals surface area contributed by atoms with E-state index in [-0.39, 0.29) is 11.7 Å². The topological polar surface area (TPSA) is 63.2 Å². The van der Waals surface area contributed by atoms with Crippen molar-refractivity contribution < 1.29 is 13.2 Å². The summed E-state index contributed by atoms with van der Waals surface area (Å²) in [7, 11) is -3.12. The van der Waals surface area contributed by atoms with Crippen LogP contribution in [-0.4, -0.2) is 26.1 Å². The third kappa shape index (κ3) is 2.72. The molecule has 0 saturated heterocycles. The van der Waals surface area contributed by atoms with Crippen LogP contribution < -0.4 is 5.32 Å². The van der Waals surface area contributed by atoms with Crippen LogP contribution in [-0.2, 0) is 9.84 Å². The third-order valence-corrected chi connectivity index (χ3v) is 5.06. The van der Waals surface area contributed by atoms with Crippen molar-refractivity contribution in [3.63, 3.8) is 0 Å². The van der Waals surface area contributed by atoms with Crippen LogP contribution >= 0.6 is 27.3 Å². The molecule has 1 amide bonds. The molecule has 0 fully saturated rings. The van der Waals surface area contributed by atoms with Crippen molar-refractivity contribution in [1.29, 1.82) is 0 Å². The Kier molecular flexibility index (Phi) is 3.18. The second-order valence-electron chi connectivity index (χ2n) is 3.34. The van der Waals surface area contributed by atoms with Gasteiger partial charge < -0.3 is 5.32 Å². The van der Waals surface area contributed by atoms with Crippen molar-refractivity contribution in [1.82, 2.24) is 5.32 Å². The summed E-state index contributed by atoms with van der Waals surface area (Å²) in [6, 6.07) is 3.05. The second kappa shape index (κ2) is 4.31. The molecule has 1 aliphatic heterocycles. The van der Waals surface area contributed by atoms with Crippen molar-refractivity contribution in [3.8, 4) is 0 Å². The molecule has 1 N–H and O–H groups in total. The van der Waals surface area contributed by atoms with Gasteiger partial charge in [0, 0.05) is 5.41 Å². The molecule has 0 spiro atoms. The number of rotatable bonds is 2. The molecule has 86 valence electrons. The van der Waals surface area contributed by atoms with E-state index in [1.165, 1.54) is 17.4 Å². The van der Waals surface area contributed by atoms with Gasteiger partial charge in [0.25, 0.3) is 5.91 Å². The molecule has 0 radical (unpaired) electrons. The number of amides is 1. The monoisotopic (exact) mass is 321 g/mol. The number of carbonyl (C=O) groups excluding carboxylic acids is 1. The number of hydrogen-bond acceptors (Lipinski definition) is 4. The van der Waals surface area contributed by atoms with Crippen LogP contribution in [0.5, 0.6) is 0 Å². The molecule has 1 aromatic rings. The molecule has 0 saturated carbocycles. The van der Waals surface area contributed by atoms with E-state index in [0.717, 1.165) is 9.19 Å². The highest BCUT2D eigenvalue weighted by Crippen LogP contribution is 2.22. The van der Waals surface area contributed by atoms with Crippen molar-refractivity contribution in [2.75, 3.05) is 5.75 Å². The van der Waals surface area contributed by atoms with E-state index in [1.807, 2.05) is 0 Å². The number of hydrogen-bond donors (Lipinski definition) is 1. The van der Waals surface area contributed by atoms with Crippen molar-refractivity contribution in [2.24, 2.45) is 0 Å². The van der Waals surface area contributed by atoms with Crippen molar-refractivity contribution in [3.05, 3.63) is 32.3 Å². The molecule has 0 aromatic carbocycles. The van der Waals surface area contributed by atoms with Gasteiger partial charge in [-0.25, -0.2) is 8.42 Å². The predicted octanol–water partition coefficient (Wildman–Crippen LogP) is 1.55. The average molecular weight is 322 g/mol. The SMILES string of the molecule is O=C(NC1C=CS(=O)(=O)C1)c1ccc(Br)s1. The Morgan fingerprint density at radius 3 is 2.75 bits per heavy atom. The van der Waals surface area contributed by atoms with Gasteiger partial charge in [0.1, 0.15) is 0 Å². The lowest BCUT2D eigenvalue weighted by Gasteiger charge is -2.08. The van der Waals surface area contributed by atoms with Crippen molar-refractivity contribution >= 4 is 43.0 Å². The highest BCUT2D eigenvalue weighted by molar-refractivity contribution is 9.11. The van der Waals surface area contributed by atoms with Crippen LogP contribution in [0.4, 0.5) is 0 Å². The van der Waals surface area contributed by atoms with E-state index in [9.17, 15) is 13.2 Å². The Morgan fingerprint density at radius 2 is 2.25 bits per heavy atom. The summed E-state index contributed by atoms with van der Waals surface area (Å²) in [5.41, 5.74) is 0. The minimum atomic E-state index is -3.12. The lowest BCUT2D eigenvalue weighted by Crippen LogP contribution is -2.35. The summed E-state index contributed by atoms with van der Waals surface area (Å²) >= 11 is 4.57. The van der Waals surface area contributed by atoms with E-state index < -0.39 is 15.9 Å². The first-order valence-corrected chi connectivity index (χ1v) is 7.76. The number of carbonyl (C=O) groups is 1. The zero-order valence-electron chi connectivity index (χ0n) is 8.01. The standard InChI is InChI=1S/C9H8BrNO3S2/c10-8-2-1-7(15-8)9(12)11-6-3-4-16(13,14)5-6/h1-4,6H,5H2,(H,11,12). The zero-order chi connectivity index (χ0) is 11.8. The summed E-state index contributed by atoms with van der Waals surface area (Å²) < 4.78 is 23.1. The maximum Gasteiger partial charge on any atom is 0.261 e. The molecule has 0 bridgehead atoms. The smallest absolute Gasteiger partial charge is 0.261 e. The summed E-state index contributed by atoms with van der Waals surface area (Å²) in [6.07, 6.45) is 1.50. The highest BCUT2D eigenvalue weighted by Gasteiger charge is 2.23. The molecule has 1 atom stereocenters. The van der Waals surface area contributed by atoms with Gasteiger partial charge in [-0.15, -0.1) is 11.3 Å². The fourth-order valence-corrected chi connectivity index (χ4v) is 3.87. The molecular weight excluding hydrogens is 314 g/mol. The molecular formula is C9H8BrNO3S2. The van der Waals surface area contributed by atoms with Crippen LogP contribution in [0.2, 0.25) is 0 Å². The molecule has 2 heterocycles. The fraction of sp³-hybridized carbons (Fsp3) is 0.222. The molecule has 1 aromatic heterocycles. The minimum absolute atomic E-state index is 0.0503. The summed E-state index contributed by atoms with van der Waals surface area (Å²) in [6.45, 7) is 0. The Hall–Kier alpha value is -0.660. The van der Waals surface area contributed by atoms with E-state index in [1.54, 1.807) is 12.1 Å². The predicted molar refractivity (Wildman–Crippen MR) is 66.2 cm³/mol. The van der Waals surface area contributed by atoms with Gasteiger partial charge in [0.05, 0.1) is 20.5 Å². The molecule has 1 aliphatic rings. The largest absolute Gasteiger partial charge is 0.344 e. The molecule has 2 rings (SSSR count). The zero-order valence-corrected chi connectivity index (χ0v) is 11.2. The Bertz CT molecular complexity index is 547. The van der Waals surface area contributed by atoms with Crippen molar-refractivity contribution in [2.45, 2.75) is 6.04 Å². The Morgan fingerprint density at radius 1 is 1.50 bits per heavy atom. The van der Waals surface area contributed by atoms with E-state index in [0.29, 0.717) is 4.88 Å². The quantitative estimate of drug-likeness (QED) is 0.899. The maximum atomic E-state index is 11.7. The number of thiophene rings is 1. The lowest BCUT2D eigenvalue weighted by molar-refractivity contribution is 0.0952. The van der Waals surface area contributed by atoms with Crippen LogP contribution in [0.15, 0.2) is 27.4 Å². The van der Waals surface area contributed by atoms with Gasteiger partial charge in [-0.3, -0.25) is 4.79 Å². The van der Waals surface area contributed by atoms with Crippen LogP contribution in [0.25, 0.3) is 0 Å².